The van der Waals surface area contributed by atoms with Crippen LogP contribution in [0.1, 0.15) is 246 Å². The molecule has 122 heavy (non-hydrogen) atoms. The standard InChI is InChI=1S/C27H35N3O3.C24H29N3O3.C23H29N3O3S.C22H26FN3O3/c1-18-16-24(30(6)29-18)25(32-19(2)33-26(31)21-10-8-7-9-11-21)23(17-28)20-12-14-22(15-13-20)27(3,4)5;1-15-13-21(27(6)26-15)22(29-16(2)30-23(28)18-7-8-18)20(14-25)17-9-11-19(12-10-17)24(3,4)5;1-15-12-20(26(6)25-15)22(29-16(2)28-21(27)14-30-7)19(13-24)17-8-10-18(11-9-17)23(3,4)5;1-14-11-19(26(6)25-14)21(29-15(2)28-20(27)12-23)18(13-24)16-7-9-17(10-8-16)22(3,4)5/h12-16,19,21H,7-11H2,1-6H3;9-13,16,18H,7-8H2,1-6H3;8-12,16H,14H2,1-7H3;7-11,15H,12H2,1-6H3/b25-23-;22-20-;22-19-;21-18-. The Morgan fingerprint density at radius 2 is 0.615 bits per heavy atom. The fourth-order valence-electron chi connectivity index (χ4n) is 13.3. The molecule has 0 aliphatic heterocycles. The summed E-state index contributed by atoms with van der Waals surface area (Å²) in [6.07, 6.45) is 4.95. The van der Waals surface area contributed by atoms with Crippen LogP contribution < -0.4 is 0 Å². The SMILES string of the molecule is CSCC(=O)OC(C)O/C(=C(/C#N)c1ccc(C(C)(C)C)cc1)c1cc(C)nn1C.Cc1cc(/C(OC(C)OC(=O)C2CC2)=C(\C#N)c2ccc(C(C)(C)C)cc2)n(C)n1.Cc1cc(/C(OC(C)OC(=O)C2CCCCC2)=C(\C#N)c2ccc(C(C)(C)C)cc2)n(C)n1.Cc1cc(/C(OC(C)OC(=O)CF)=C(\C#N)c2ccc(C(C)(C)C)cc2)n(C)n1. The van der Waals surface area contributed by atoms with Crippen molar-refractivity contribution in [1.82, 2.24) is 39.1 Å². The molecule has 2 saturated carbocycles. The van der Waals surface area contributed by atoms with Gasteiger partial charge in [-0.3, -0.25) is 33.1 Å². The number of nitriles is 4. The molecule has 0 amide bonds. The lowest BCUT2D eigenvalue weighted by molar-refractivity contribution is -0.170. The van der Waals surface area contributed by atoms with Crippen molar-refractivity contribution in [2.45, 2.75) is 230 Å². The van der Waals surface area contributed by atoms with Crippen molar-refractivity contribution in [3.8, 4) is 24.3 Å². The van der Waals surface area contributed by atoms with E-state index in [4.69, 9.17) is 37.9 Å². The highest BCUT2D eigenvalue weighted by Gasteiger charge is 2.34. The molecule has 2 aliphatic rings. The summed E-state index contributed by atoms with van der Waals surface area (Å²) in [4.78, 5) is 47.8. The number of rotatable bonds is 25. The monoisotopic (exact) mass is 1680 g/mol. The summed E-state index contributed by atoms with van der Waals surface area (Å²) in [5.41, 5.74) is 14.5. The molecule has 648 valence electrons. The maximum atomic E-state index is 12.6. The van der Waals surface area contributed by atoms with Crippen LogP contribution >= 0.6 is 11.8 Å². The molecule has 0 saturated heterocycles. The van der Waals surface area contributed by atoms with Crippen molar-refractivity contribution >= 4 is 81.0 Å². The molecular weight excluding hydrogens is 1560 g/mol. The lowest BCUT2D eigenvalue weighted by Crippen LogP contribution is -2.26. The fraction of sp³-hybridized carbons (Fsp3) is 0.458. The van der Waals surface area contributed by atoms with Gasteiger partial charge >= 0.3 is 23.9 Å². The molecule has 26 heteroatoms. The van der Waals surface area contributed by atoms with Gasteiger partial charge in [0.25, 0.3) is 0 Å². The van der Waals surface area contributed by atoms with Gasteiger partial charge in [0.1, 0.15) is 69.3 Å². The first kappa shape index (κ1) is 97.1. The molecule has 10 rings (SSSR count). The third kappa shape index (κ3) is 27.5. The summed E-state index contributed by atoms with van der Waals surface area (Å²) in [5.74, 6) is -0.516. The van der Waals surface area contributed by atoms with Gasteiger partial charge in [0.05, 0.1) is 40.4 Å². The first-order chi connectivity index (χ1) is 57.3. The molecule has 4 unspecified atom stereocenters. The van der Waals surface area contributed by atoms with E-state index >= 15 is 0 Å². The number of ether oxygens (including phenoxy) is 8. The van der Waals surface area contributed by atoms with E-state index in [0.717, 1.165) is 83.6 Å². The highest BCUT2D eigenvalue weighted by Crippen LogP contribution is 2.38. The van der Waals surface area contributed by atoms with Gasteiger partial charge in [-0.1, -0.05) is 199 Å². The average Bonchev–Trinajstić information content (AvgIpc) is 1.57. The Bertz CT molecular complexity index is 5270. The number of thioether (sulfide) groups is 1. The Morgan fingerprint density at radius 1 is 0.385 bits per heavy atom. The molecule has 2 aliphatic carbocycles. The number of halogens is 1. The van der Waals surface area contributed by atoms with Crippen molar-refractivity contribution in [1.29, 1.82) is 21.0 Å². The Kier molecular flexibility index (Phi) is 34.2. The quantitative estimate of drug-likeness (QED) is 0.0169. The molecule has 0 bridgehead atoms. The van der Waals surface area contributed by atoms with Crippen molar-refractivity contribution in [2.24, 2.45) is 40.0 Å². The van der Waals surface area contributed by atoms with Crippen LogP contribution in [0, 0.1) is 84.9 Å². The van der Waals surface area contributed by atoms with Crippen molar-refractivity contribution < 1.29 is 61.5 Å². The minimum absolute atomic E-state index is 0.00748. The van der Waals surface area contributed by atoms with Crippen molar-refractivity contribution in [3.05, 3.63) is 211 Å². The van der Waals surface area contributed by atoms with E-state index in [9.17, 15) is 44.6 Å². The van der Waals surface area contributed by atoms with Gasteiger partial charge < -0.3 is 37.9 Å². The fourth-order valence-corrected chi connectivity index (χ4v) is 13.6. The second kappa shape index (κ2) is 43.0. The average molecular weight is 1680 g/mol. The van der Waals surface area contributed by atoms with Crippen LogP contribution in [0.25, 0.3) is 45.3 Å². The number of aromatic nitrogens is 8. The highest BCUT2D eigenvalue weighted by atomic mass is 32.2. The summed E-state index contributed by atoms with van der Waals surface area (Å²) in [5, 5.41) is 57.5. The van der Waals surface area contributed by atoms with E-state index in [-0.39, 0.29) is 68.5 Å². The number of carbonyl (C=O) groups excluding carboxylic acids is 4. The Morgan fingerprint density at radius 3 is 0.811 bits per heavy atom. The van der Waals surface area contributed by atoms with Crippen LogP contribution in [-0.4, -0.2) is 107 Å². The zero-order valence-corrected chi connectivity index (χ0v) is 76.2. The van der Waals surface area contributed by atoms with E-state index in [0.29, 0.717) is 62.3 Å². The van der Waals surface area contributed by atoms with Crippen molar-refractivity contribution in [2.75, 3.05) is 18.7 Å². The van der Waals surface area contributed by atoms with Gasteiger partial charge in [-0.2, -0.15) is 53.2 Å². The van der Waals surface area contributed by atoms with Gasteiger partial charge in [0.15, 0.2) is 29.7 Å². The summed E-state index contributed by atoms with van der Waals surface area (Å²) < 4.78 is 64.3. The molecule has 4 aromatic carbocycles. The molecule has 4 heterocycles. The zero-order chi connectivity index (χ0) is 90.5. The van der Waals surface area contributed by atoms with E-state index in [2.05, 4.69) is 128 Å². The first-order valence-corrected chi connectivity index (χ1v) is 42.3. The van der Waals surface area contributed by atoms with Gasteiger partial charge in [-0.25, -0.2) is 9.18 Å². The molecule has 4 atom stereocenters. The molecule has 2 fully saturated rings. The van der Waals surface area contributed by atoms with Gasteiger partial charge in [0.2, 0.25) is 25.2 Å². The van der Waals surface area contributed by atoms with E-state index in [1.807, 2.05) is 156 Å². The second-order valence-electron chi connectivity index (χ2n) is 34.5. The third-order valence-corrected chi connectivity index (χ3v) is 20.5. The van der Waals surface area contributed by atoms with Crippen LogP contribution in [0.5, 0.6) is 0 Å². The summed E-state index contributed by atoms with van der Waals surface area (Å²) in [7, 11) is 7.11. The normalized spacial score (nSPS) is 14.8. The maximum absolute atomic E-state index is 12.6. The smallest absolute Gasteiger partial charge is 0.340 e. The number of hydrogen-bond donors (Lipinski definition) is 0. The molecule has 8 aromatic rings. The number of hydrogen-bond acceptors (Lipinski definition) is 21. The Balaban J connectivity index is 0.000000224. The van der Waals surface area contributed by atoms with E-state index < -0.39 is 37.8 Å². The summed E-state index contributed by atoms with van der Waals surface area (Å²) >= 11 is 1.38. The third-order valence-electron chi connectivity index (χ3n) is 20.0. The van der Waals surface area contributed by atoms with Gasteiger partial charge in [-0.05, 0) is 150 Å². The minimum atomic E-state index is -1.25. The molecule has 0 spiro atoms. The van der Waals surface area contributed by atoms with Crippen LogP contribution in [0.3, 0.4) is 0 Å². The molecule has 24 nitrogen and oxygen atoms in total. The van der Waals surface area contributed by atoms with Crippen LogP contribution in [-0.2, 0) is 107 Å². The number of carbonyl (C=O) groups is 4. The Labute approximate surface area is 723 Å². The van der Waals surface area contributed by atoms with Gasteiger partial charge in [0, 0.05) is 55.9 Å². The molecule has 0 N–H and O–H groups in total. The zero-order valence-electron chi connectivity index (χ0n) is 75.4. The summed E-state index contributed by atoms with van der Waals surface area (Å²) in [6.45, 7) is 38.3. The predicted octanol–water partition coefficient (Wildman–Crippen LogP) is 19.6. The first-order valence-electron chi connectivity index (χ1n) is 40.9. The largest absolute Gasteiger partial charge is 0.451 e. The number of esters is 4. The topological polar surface area (TPSA) is 309 Å². The molecule has 0 radical (unpaired) electrons. The van der Waals surface area contributed by atoms with Gasteiger partial charge in [-0.15, -0.1) is 0 Å². The van der Waals surface area contributed by atoms with Crippen LogP contribution in [0.4, 0.5) is 4.39 Å². The highest BCUT2D eigenvalue weighted by molar-refractivity contribution is 7.99. The minimum Gasteiger partial charge on any atom is -0.451 e. The molecular formula is C96H119FN12O12S. The number of aryl methyl sites for hydroxylation is 8. The lowest BCUT2D eigenvalue weighted by Gasteiger charge is -2.24. The second-order valence-corrected chi connectivity index (χ2v) is 35.4. The summed E-state index contributed by atoms with van der Waals surface area (Å²) in [6, 6.07) is 47.7. The molecule has 4 aromatic heterocycles. The number of nitrogens with zero attached hydrogens (tertiary/aromatic N) is 12. The van der Waals surface area contributed by atoms with Crippen LogP contribution in [0.15, 0.2) is 121 Å². The predicted molar refractivity (Wildman–Crippen MR) is 472 cm³/mol. The van der Waals surface area contributed by atoms with Crippen molar-refractivity contribution in [3.63, 3.8) is 0 Å². The van der Waals surface area contributed by atoms with E-state index in [1.54, 1.807) is 66.7 Å². The number of alkyl halides is 1. The lowest BCUT2D eigenvalue weighted by atomic mass is 9.86. The number of benzene rings is 4. The van der Waals surface area contributed by atoms with E-state index in [1.165, 1.54) is 41.8 Å². The number of allylic oxidation sites excluding steroid dienone is 4. The van der Waals surface area contributed by atoms with Crippen LogP contribution in [0.2, 0.25) is 0 Å². The Hall–Kier alpha value is -12.0. The maximum Gasteiger partial charge on any atom is 0.340 e.